The monoisotopic (exact) mass is 412 g/mol. The normalized spacial score (nSPS) is 24.8. The van der Waals surface area contributed by atoms with Gasteiger partial charge in [0.1, 0.15) is 0 Å². The molecule has 0 radical (unpaired) electrons. The Balaban J connectivity index is 1.56. The van der Waals surface area contributed by atoms with Crippen molar-refractivity contribution in [2.75, 3.05) is 0 Å². The highest BCUT2D eigenvalue weighted by atomic mass is 35.5. The van der Waals surface area contributed by atoms with Crippen LogP contribution in [-0.2, 0) is 0 Å². The average molecular weight is 413 g/mol. The maximum Gasteiger partial charge on any atom is 0.0693 e. The molecule has 3 heterocycles. The van der Waals surface area contributed by atoms with Crippen LogP contribution in [0.2, 0.25) is 10.0 Å². The zero-order chi connectivity index (χ0) is 19.1. The van der Waals surface area contributed by atoms with Crippen LogP contribution in [0.4, 0.5) is 0 Å². The summed E-state index contributed by atoms with van der Waals surface area (Å²) < 4.78 is 2.03. The van der Waals surface area contributed by atoms with Crippen molar-refractivity contribution < 1.29 is 0 Å². The molecule has 28 heavy (non-hydrogen) atoms. The van der Waals surface area contributed by atoms with Crippen LogP contribution in [0.15, 0.2) is 60.9 Å². The molecule has 4 nitrogen and oxygen atoms in total. The van der Waals surface area contributed by atoms with E-state index in [1.54, 1.807) is 6.20 Å². The number of hydrogen-bond acceptors (Lipinski definition) is 3. The lowest BCUT2D eigenvalue weighted by Gasteiger charge is -2.44. The third-order valence-electron chi connectivity index (χ3n) is 6.28. The standard InChI is InChI=1S/C22H22Cl2N4/c23-20-7-3-1-5-18(20)22(19-6-2-4-8-21(19)24)28-15-9-10-16(28)14-17(13-15)27-12-11-25-26-27/h1-8,11-12,15-17,22H,9-10,13-14H2. The Bertz CT molecular complexity index is 899. The molecule has 6 heteroatoms. The first-order valence-electron chi connectivity index (χ1n) is 9.84. The van der Waals surface area contributed by atoms with Crippen LogP contribution >= 0.6 is 23.2 Å². The van der Waals surface area contributed by atoms with Gasteiger partial charge in [-0.15, -0.1) is 5.10 Å². The molecule has 0 N–H and O–H groups in total. The lowest BCUT2D eigenvalue weighted by Crippen LogP contribution is -2.46. The fourth-order valence-corrected chi connectivity index (χ4v) is 5.59. The van der Waals surface area contributed by atoms with Gasteiger partial charge in [0.15, 0.2) is 0 Å². The molecule has 0 amide bonds. The lowest BCUT2D eigenvalue weighted by molar-refractivity contribution is 0.0732. The number of halogens is 2. The summed E-state index contributed by atoms with van der Waals surface area (Å²) >= 11 is 13.3. The fraction of sp³-hybridized carbons (Fsp3) is 0.364. The van der Waals surface area contributed by atoms with E-state index in [1.165, 1.54) is 12.8 Å². The highest BCUT2D eigenvalue weighted by Gasteiger charge is 2.46. The largest absolute Gasteiger partial charge is 0.286 e. The van der Waals surface area contributed by atoms with Gasteiger partial charge >= 0.3 is 0 Å². The highest BCUT2D eigenvalue weighted by Crippen LogP contribution is 2.48. The lowest BCUT2D eigenvalue weighted by atomic mass is 9.89. The van der Waals surface area contributed by atoms with Crippen LogP contribution in [0.5, 0.6) is 0 Å². The molecule has 2 aliphatic heterocycles. The van der Waals surface area contributed by atoms with Crippen molar-refractivity contribution in [3.63, 3.8) is 0 Å². The van der Waals surface area contributed by atoms with E-state index in [2.05, 4.69) is 39.5 Å². The predicted octanol–water partition coefficient (Wildman–Crippen LogP) is 5.54. The Kier molecular flexibility index (Phi) is 4.87. The molecule has 5 rings (SSSR count). The second kappa shape index (κ2) is 7.51. The molecule has 2 unspecified atom stereocenters. The van der Waals surface area contributed by atoms with Crippen LogP contribution < -0.4 is 0 Å². The number of piperidine rings is 1. The van der Waals surface area contributed by atoms with Crippen molar-refractivity contribution in [3.8, 4) is 0 Å². The van der Waals surface area contributed by atoms with Gasteiger partial charge in [-0.05, 0) is 48.9 Å². The number of benzene rings is 2. The average Bonchev–Trinajstić information content (AvgIpc) is 3.32. The van der Waals surface area contributed by atoms with Crippen molar-refractivity contribution in [1.82, 2.24) is 19.9 Å². The van der Waals surface area contributed by atoms with E-state index in [1.807, 2.05) is 35.1 Å². The van der Waals surface area contributed by atoms with Crippen molar-refractivity contribution in [2.24, 2.45) is 0 Å². The molecule has 2 atom stereocenters. The molecular formula is C22H22Cl2N4. The van der Waals surface area contributed by atoms with Gasteiger partial charge in [-0.25, -0.2) is 4.68 Å². The van der Waals surface area contributed by atoms with Crippen molar-refractivity contribution >= 4 is 23.2 Å². The highest BCUT2D eigenvalue weighted by molar-refractivity contribution is 6.32. The summed E-state index contributed by atoms with van der Waals surface area (Å²) in [4.78, 5) is 2.66. The quantitative estimate of drug-likeness (QED) is 0.563. The minimum Gasteiger partial charge on any atom is -0.286 e. The molecule has 0 saturated carbocycles. The van der Waals surface area contributed by atoms with Crippen molar-refractivity contribution in [2.45, 2.75) is 49.9 Å². The Morgan fingerprint density at radius 1 is 0.821 bits per heavy atom. The molecular weight excluding hydrogens is 391 g/mol. The number of rotatable bonds is 4. The van der Waals surface area contributed by atoms with Gasteiger partial charge in [0.05, 0.1) is 18.3 Å². The van der Waals surface area contributed by atoms with Gasteiger partial charge in [-0.2, -0.15) is 0 Å². The van der Waals surface area contributed by atoms with E-state index in [0.717, 1.165) is 34.0 Å². The molecule has 2 aromatic carbocycles. The minimum absolute atomic E-state index is 0.0663. The van der Waals surface area contributed by atoms with Gasteiger partial charge < -0.3 is 0 Å². The van der Waals surface area contributed by atoms with Crippen molar-refractivity contribution in [3.05, 3.63) is 82.1 Å². The molecule has 0 spiro atoms. The summed E-state index contributed by atoms with van der Waals surface area (Å²) in [5, 5.41) is 9.85. The van der Waals surface area contributed by atoms with Crippen molar-refractivity contribution in [1.29, 1.82) is 0 Å². The Hall–Kier alpha value is -1.88. The SMILES string of the molecule is Clc1ccccc1C(c1ccccc1Cl)N1C2CCC1CC(n1ccnn1)C2. The summed E-state index contributed by atoms with van der Waals surface area (Å²) in [6.45, 7) is 0. The van der Waals surface area contributed by atoms with Crippen LogP contribution in [0, 0.1) is 0 Å². The summed E-state index contributed by atoms with van der Waals surface area (Å²) in [5.41, 5.74) is 2.27. The first kappa shape index (κ1) is 18.2. The topological polar surface area (TPSA) is 34.0 Å². The van der Waals surface area contributed by atoms with Gasteiger partial charge in [-0.3, -0.25) is 4.90 Å². The van der Waals surface area contributed by atoms with Gasteiger partial charge in [0.2, 0.25) is 0 Å². The maximum atomic E-state index is 6.67. The minimum atomic E-state index is 0.0663. The molecule has 1 aromatic heterocycles. The zero-order valence-electron chi connectivity index (χ0n) is 15.5. The number of aromatic nitrogens is 3. The van der Waals surface area contributed by atoms with E-state index in [-0.39, 0.29) is 6.04 Å². The summed E-state index contributed by atoms with van der Waals surface area (Å²) in [7, 11) is 0. The fourth-order valence-electron chi connectivity index (χ4n) is 5.12. The summed E-state index contributed by atoms with van der Waals surface area (Å²) in [6.07, 6.45) is 8.29. The molecule has 2 fully saturated rings. The Morgan fingerprint density at radius 2 is 1.39 bits per heavy atom. The molecule has 2 aliphatic rings. The third kappa shape index (κ3) is 3.14. The molecule has 0 aliphatic carbocycles. The maximum absolute atomic E-state index is 6.67. The van der Waals surface area contributed by atoms with E-state index < -0.39 is 0 Å². The van der Waals surface area contributed by atoms with Crippen LogP contribution in [0.1, 0.15) is 48.9 Å². The number of hydrogen-bond donors (Lipinski definition) is 0. The summed E-state index contributed by atoms with van der Waals surface area (Å²) in [6, 6.07) is 17.8. The Labute approximate surface area is 175 Å². The molecule has 144 valence electrons. The van der Waals surface area contributed by atoms with E-state index >= 15 is 0 Å². The first-order valence-corrected chi connectivity index (χ1v) is 10.6. The van der Waals surface area contributed by atoms with E-state index in [9.17, 15) is 0 Å². The van der Waals surface area contributed by atoms with Crippen LogP contribution in [0.3, 0.4) is 0 Å². The molecule has 2 bridgehead atoms. The molecule has 3 aromatic rings. The number of nitrogens with zero attached hydrogens (tertiary/aromatic N) is 4. The van der Waals surface area contributed by atoms with Crippen LogP contribution in [0.25, 0.3) is 0 Å². The zero-order valence-corrected chi connectivity index (χ0v) is 17.0. The predicted molar refractivity (Wildman–Crippen MR) is 112 cm³/mol. The van der Waals surface area contributed by atoms with Gasteiger partial charge in [-0.1, -0.05) is 64.8 Å². The first-order chi connectivity index (χ1) is 13.7. The third-order valence-corrected chi connectivity index (χ3v) is 6.97. The van der Waals surface area contributed by atoms with E-state index in [4.69, 9.17) is 23.2 Å². The second-order valence-corrected chi connectivity index (χ2v) is 8.60. The van der Waals surface area contributed by atoms with E-state index in [0.29, 0.717) is 18.1 Å². The smallest absolute Gasteiger partial charge is 0.0693 e. The van der Waals surface area contributed by atoms with Crippen LogP contribution in [-0.4, -0.2) is 32.0 Å². The second-order valence-electron chi connectivity index (χ2n) is 7.79. The van der Waals surface area contributed by atoms with Gasteiger partial charge in [0, 0.05) is 28.3 Å². The summed E-state index contributed by atoms with van der Waals surface area (Å²) in [5.74, 6) is 0. The number of fused-ring (bicyclic) bond motifs is 2. The van der Waals surface area contributed by atoms with Gasteiger partial charge in [0.25, 0.3) is 0 Å². The molecule has 2 saturated heterocycles. The Morgan fingerprint density at radius 3 is 1.89 bits per heavy atom.